The molecule has 1 aromatic rings. The van der Waals surface area contributed by atoms with Gasteiger partial charge >= 0.3 is 0 Å². The maximum atomic E-state index is 11.3. The second-order valence-corrected chi connectivity index (χ2v) is 3.58. The first-order chi connectivity index (χ1) is 7.70. The lowest BCUT2D eigenvalue weighted by Crippen LogP contribution is -2.36. The maximum absolute atomic E-state index is 11.3. The molecule has 0 saturated carbocycles. The van der Waals surface area contributed by atoms with E-state index in [1.54, 1.807) is 6.33 Å². The largest absolute Gasteiger partial charge is 0.317 e. The van der Waals surface area contributed by atoms with Crippen molar-refractivity contribution in [2.45, 2.75) is 32.5 Å². The Morgan fingerprint density at radius 3 is 3.06 bits per heavy atom. The van der Waals surface area contributed by atoms with E-state index in [1.807, 2.05) is 11.5 Å². The predicted molar refractivity (Wildman–Crippen MR) is 54.1 cm³/mol. The first kappa shape index (κ1) is 10.7. The van der Waals surface area contributed by atoms with Crippen LogP contribution in [0.1, 0.15) is 19.2 Å². The van der Waals surface area contributed by atoms with Gasteiger partial charge in [0.1, 0.15) is 12.2 Å². The summed E-state index contributed by atoms with van der Waals surface area (Å²) in [6.07, 6.45) is 1.83. The molecule has 86 valence electrons. The molecular weight excluding hydrogens is 210 g/mol. The Morgan fingerprint density at radius 1 is 1.62 bits per heavy atom. The monoisotopic (exact) mass is 223 g/mol. The van der Waals surface area contributed by atoms with Crippen LogP contribution in [0.15, 0.2) is 6.33 Å². The van der Waals surface area contributed by atoms with E-state index in [0.717, 1.165) is 12.4 Å². The zero-order valence-electron chi connectivity index (χ0n) is 8.93. The van der Waals surface area contributed by atoms with E-state index >= 15 is 0 Å². The summed E-state index contributed by atoms with van der Waals surface area (Å²) in [5, 5.41) is 12.9. The molecule has 1 fully saturated rings. The molecule has 1 saturated heterocycles. The molecule has 2 rings (SSSR count). The summed E-state index contributed by atoms with van der Waals surface area (Å²) in [4.78, 5) is 22.2. The van der Waals surface area contributed by atoms with Crippen LogP contribution in [0.4, 0.5) is 0 Å². The topological polar surface area (TPSA) is 88.9 Å². The highest BCUT2D eigenvalue weighted by Gasteiger charge is 2.30. The lowest BCUT2D eigenvalue weighted by Gasteiger charge is -2.08. The minimum Gasteiger partial charge on any atom is -0.317 e. The number of carbonyl (C=O) groups is 2. The summed E-state index contributed by atoms with van der Waals surface area (Å²) >= 11 is 0. The lowest BCUT2D eigenvalue weighted by atomic mass is 10.2. The van der Waals surface area contributed by atoms with Crippen molar-refractivity contribution in [1.82, 2.24) is 25.4 Å². The fourth-order valence-electron chi connectivity index (χ4n) is 1.61. The van der Waals surface area contributed by atoms with E-state index in [4.69, 9.17) is 0 Å². The van der Waals surface area contributed by atoms with Crippen molar-refractivity contribution in [2.24, 2.45) is 0 Å². The highest BCUT2D eigenvalue weighted by molar-refractivity contribution is 6.05. The van der Waals surface area contributed by atoms with Crippen LogP contribution >= 0.6 is 0 Å². The Bertz CT molecular complexity index is 414. The van der Waals surface area contributed by atoms with Gasteiger partial charge in [-0.05, 0) is 6.92 Å². The van der Waals surface area contributed by atoms with Crippen molar-refractivity contribution in [3.05, 3.63) is 12.2 Å². The molecule has 1 unspecified atom stereocenters. The highest BCUT2D eigenvalue weighted by Crippen LogP contribution is 2.03. The fraction of sp³-hybridized carbons (Fsp3) is 0.556. The van der Waals surface area contributed by atoms with E-state index in [1.165, 1.54) is 0 Å². The van der Waals surface area contributed by atoms with Gasteiger partial charge in [-0.2, -0.15) is 0 Å². The number of carbonyl (C=O) groups excluding carboxylic acids is 2. The summed E-state index contributed by atoms with van der Waals surface area (Å²) < 4.78 is 1.88. The zero-order valence-corrected chi connectivity index (χ0v) is 8.93. The number of imide groups is 1. The molecule has 16 heavy (non-hydrogen) atoms. The number of hydrogen-bond donors (Lipinski definition) is 2. The van der Waals surface area contributed by atoms with E-state index in [0.29, 0.717) is 6.54 Å². The minimum absolute atomic E-state index is 0.194. The number of hydrogen-bond acceptors (Lipinski definition) is 5. The van der Waals surface area contributed by atoms with Crippen molar-refractivity contribution < 1.29 is 9.59 Å². The van der Waals surface area contributed by atoms with Gasteiger partial charge in [-0.3, -0.25) is 20.2 Å². The highest BCUT2D eigenvalue weighted by atomic mass is 16.2. The second-order valence-electron chi connectivity index (χ2n) is 3.58. The Labute approximate surface area is 92.2 Å². The van der Waals surface area contributed by atoms with Gasteiger partial charge in [-0.15, -0.1) is 10.2 Å². The van der Waals surface area contributed by atoms with Crippen molar-refractivity contribution in [2.75, 3.05) is 0 Å². The molecule has 0 spiro atoms. The third-order valence-electron chi connectivity index (χ3n) is 2.51. The molecule has 7 heteroatoms. The van der Waals surface area contributed by atoms with Gasteiger partial charge in [0, 0.05) is 6.54 Å². The summed E-state index contributed by atoms with van der Waals surface area (Å²) in [6.45, 7) is 3.19. The fourth-order valence-corrected chi connectivity index (χ4v) is 1.61. The second kappa shape index (κ2) is 4.40. The Morgan fingerprint density at radius 2 is 2.44 bits per heavy atom. The molecule has 0 bridgehead atoms. The summed E-state index contributed by atoms with van der Waals surface area (Å²) in [5.74, 6) is 0.252. The molecule has 2 N–H and O–H groups in total. The van der Waals surface area contributed by atoms with Gasteiger partial charge in [0.2, 0.25) is 11.8 Å². The molecule has 7 nitrogen and oxygen atoms in total. The molecule has 0 aliphatic carbocycles. The molecule has 1 aliphatic rings. The summed E-state index contributed by atoms with van der Waals surface area (Å²) in [6, 6.07) is -0.450. The third kappa shape index (κ3) is 2.08. The quantitative estimate of drug-likeness (QED) is 0.626. The van der Waals surface area contributed by atoms with Gasteiger partial charge in [-0.1, -0.05) is 0 Å². The van der Waals surface area contributed by atoms with Crippen molar-refractivity contribution in [3.8, 4) is 0 Å². The number of aromatic nitrogens is 3. The van der Waals surface area contributed by atoms with Crippen LogP contribution in [-0.2, 0) is 22.7 Å². The van der Waals surface area contributed by atoms with Crippen LogP contribution < -0.4 is 10.6 Å². The third-order valence-corrected chi connectivity index (χ3v) is 2.51. The Hall–Kier alpha value is -1.76. The number of rotatable bonds is 4. The number of nitrogens with one attached hydrogen (secondary N) is 2. The standard InChI is InChI=1S/C9H13N5O2/c1-2-14-5-11-13-7(14)4-10-6-3-8(15)12-9(6)16/h5-6,10H,2-4H2,1H3,(H,12,15,16). The summed E-state index contributed by atoms with van der Waals surface area (Å²) in [5.41, 5.74) is 0. The first-order valence-electron chi connectivity index (χ1n) is 5.14. The maximum Gasteiger partial charge on any atom is 0.244 e. The predicted octanol–water partition coefficient (Wildman–Crippen LogP) is -1.20. The lowest BCUT2D eigenvalue weighted by molar-refractivity contribution is -0.125. The molecule has 1 aromatic heterocycles. The van der Waals surface area contributed by atoms with Crippen molar-refractivity contribution in [3.63, 3.8) is 0 Å². The average Bonchev–Trinajstić information content (AvgIpc) is 2.81. The molecule has 2 amide bonds. The Kier molecular flexibility index (Phi) is 2.95. The van der Waals surface area contributed by atoms with E-state index in [-0.39, 0.29) is 18.2 Å². The van der Waals surface area contributed by atoms with Crippen LogP contribution in [0.3, 0.4) is 0 Å². The minimum atomic E-state index is -0.450. The molecule has 0 radical (unpaired) electrons. The summed E-state index contributed by atoms with van der Waals surface area (Å²) in [7, 11) is 0. The van der Waals surface area contributed by atoms with Gasteiger partial charge in [0.05, 0.1) is 19.0 Å². The molecule has 1 atom stereocenters. The molecule has 1 aliphatic heterocycles. The van der Waals surface area contributed by atoms with Crippen LogP contribution in [0, 0.1) is 0 Å². The van der Waals surface area contributed by atoms with Crippen molar-refractivity contribution in [1.29, 1.82) is 0 Å². The van der Waals surface area contributed by atoms with Gasteiger partial charge in [0.25, 0.3) is 0 Å². The van der Waals surface area contributed by atoms with Crippen LogP contribution in [0.5, 0.6) is 0 Å². The van der Waals surface area contributed by atoms with Crippen molar-refractivity contribution >= 4 is 11.8 Å². The zero-order chi connectivity index (χ0) is 11.5. The van der Waals surface area contributed by atoms with E-state index in [2.05, 4.69) is 20.8 Å². The van der Waals surface area contributed by atoms with E-state index < -0.39 is 6.04 Å². The van der Waals surface area contributed by atoms with Crippen LogP contribution in [0.2, 0.25) is 0 Å². The smallest absolute Gasteiger partial charge is 0.244 e. The Balaban J connectivity index is 1.92. The molecule has 0 aromatic carbocycles. The molecule has 2 heterocycles. The number of amides is 2. The van der Waals surface area contributed by atoms with Gasteiger partial charge in [-0.25, -0.2) is 0 Å². The first-order valence-corrected chi connectivity index (χ1v) is 5.14. The normalized spacial score (nSPS) is 20.2. The average molecular weight is 223 g/mol. The van der Waals surface area contributed by atoms with Gasteiger partial charge < -0.3 is 4.57 Å². The van der Waals surface area contributed by atoms with Crippen LogP contribution in [-0.4, -0.2) is 32.6 Å². The molecular formula is C9H13N5O2. The number of aryl methyl sites for hydroxylation is 1. The van der Waals surface area contributed by atoms with E-state index in [9.17, 15) is 9.59 Å². The number of nitrogens with zero attached hydrogens (tertiary/aromatic N) is 3. The van der Waals surface area contributed by atoms with Crippen LogP contribution in [0.25, 0.3) is 0 Å². The SMILES string of the molecule is CCn1cnnc1CNC1CC(=O)NC1=O. The van der Waals surface area contributed by atoms with Gasteiger partial charge in [0.15, 0.2) is 0 Å².